The van der Waals surface area contributed by atoms with Crippen LogP contribution < -0.4 is 4.74 Å². The van der Waals surface area contributed by atoms with Crippen molar-refractivity contribution in [3.05, 3.63) is 65.7 Å². The average molecular weight is 327 g/mol. The molecule has 0 aromatic heterocycles. The van der Waals surface area contributed by atoms with E-state index < -0.39 is 6.10 Å². The highest BCUT2D eigenvalue weighted by atomic mass is 16.5. The summed E-state index contributed by atoms with van der Waals surface area (Å²) in [6.45, 7) is 4.50. The van der Waals surface area contributed by atoms with Crippen LogP contribution in [0.25, 0.3) is 0 Å². The number of nitrogens with zero attached hydrogens (tertiary/aromatic N) is 1. The molecule has 2 rings (SSSR count). The van der Waals surface area contributed by atoms with Crippen molar-refractivity contribution in [2.75, 3.05) is 13.7 Å². The van der Waals surface area contributed by atoms with Gasteiger partial charge in [-0.3, -0.25) is 4.79 Å². The van der Waals surface area contributed by atoms with Gasteiger partial charge in [-0.05, 0) is 37.1 Å². The first-order valence-electron chi connectivity index (χ1n) is 8.27. The molecule has 0 aliphatic rings. The van der Waals surface area contributed by atoms with Gasteiger partial charge >= 0.3 is 0 Å². The fraction of sp³-hybridized carbons (Fsp3) is 0.350. The summed E-state index contributed by atoms with van der Waals surface area (Å²) in [6, 6.07) is 16.2. The second kappa shape index (κ2) is 8.50. The van der Waals surface area contributed by atoms with E-state index in [0.717, 1.165) is 12.0 Å². The van der Waals surface area contributed by atoms with Gasteiger partial charge in [0.05, 0.1) is 18.8 Å². The fourth-order valence-electron chi connectivity index (χ4n) is 2.47. The topological polar surface area (TPSA) is 49.8 Å². The van der Waals surface area contributed by atoms with Crippen LogP contribution in [0, 0.1) is 0 Å². The Morgan fingerprint density at radius 3 is 2.54 bits per heavy atom. The Bertz CT molecular complexity index is 657. The highest BCUT2D eigenvalue weighted by Crippen LogP contribution is 2.22. The van der Waals surface area contributed by atoms with Gasteiger partial charge in [0.1, 0.15) is 5.75 Å². The molecule has 4 nitrogen and oxygen atoms in total. The zero-order valence-electron chi connectivity index (χ0n) is 14.5. The Kier molecular flexibility index (Phi) is 6.38. The summed E-state index contributed by atoms with van der Waals surface area (Å²) in [5.74, 6) is 0.548. The SMILES string of the molecule is CCCOc1cccc(C(=O)N(C)C(C)C(O)c2ccccc2)c1. The second-order valence-corrected chi connectivity index (χ2v) is 5.89. The molecule has 0 saturated heterocycles. The minimum Gasteiger partial charge on any atom is -0.494 e. The standard InChI is InChI=1S/C20H25NO3/c1-4-13-24-18-12-8-11-17(14-18)20(23)21(3)15(2)19(22)16-9-6-5-7-10-16/h5-12,14-15,19,22H,4,13H2,1-3H3. The van der Waals surface area contributed by atoms with Gasteiger partial charge in [0.2, 0.25) is 0 Å². The number of ether oxygens (including phenoxy) is 1. The lowest BCUT2D eigenvalue weighted by Crippen LogP contribution is -2.39. The Labute approximate surface area is 143 Å². The number of rotatable bonds is 7. The predicted molar refractivity (Wildman–Crippen MR) is 95.2 cm³/mol. The van der Waals surface area contributed by atoms with Crippen LogP contribution in [-0.2, 0) is 0 Å². The van der Waals surface area contributed by atoms with Crippen LogP contribution >= 0.6 is 0 Å². The number of benzene rings is 2. The molecule has 0 fully saturated rings. The predicted octanol–water partition coefficient (Wildman–Crippen LogP) is 3.67. The van der Waals surface area contributed by atoms with Crippen LogP contribution in [0.1, 0.15) is 42.3 Å². The maximum Gasteiger partial charge on any atom is 0.254 e. The minimum atomic E-state index is -0.736. The van der Waals surface area contributed by atoms with E-state index in [4.69, 9.17) is 4.74 Å². The van der Waals surface area contributed by atoms with E-state index in [9.17, 15) is 9.90 Å². The van der Waals surface area contributed by atoms with Crippen LogP contribution in [0.2, 0.25) is 0 Å². The zero-order valence-corrected chi connectivity index (χ0v) is 14.5. The number of hydrogen-bond acceptors (Lipinski definition) is 3. The van der Waals surface area contributed by atoms with Crippen LogP contribution in [0.4, 0.5) is 0 Å². The molecule has 0 heterocycles. The molecule has 128 valence electrons. The van der Waals surface area contributed by atoms with Crippen molar-refractivity contribution >= 4 is 5.91 Å². The fourth-order valence-corrected chi connectivity index (χ4v) is 2.47. The Balaban J connectivity index is 2.11. The number of likely N-dealkylation sites (N-methyl/N-ethyl adjacent to an activating group) is 1. The molecule has 1 amide bonds. The molecule has 24 heavy (non-hydrogen) atoms. The van der Waals surface area contributed by atoms with Gasteiger partial charge in [-0.1, -0.05) is 43.3 Å². The third-order valence-corrected chi connectivity index (χ3v) is 4.08. The van der Waals surface area contributed by atoms with Gasteiger partial charge in [-0.25, -0.2) is 0 Å². The average Bonchev–Trinajstić information content (AvgIpc) is 2.64. The van der Waals surface area contributed by atoms with Crippen LogP contribution in [0.3, 0.4) is 0 Å². The molecule has 0 radical (unpaired) electrons. The number of aliphatic hydroxyl groups excluding tert-OH is 1. The summed E-state index contributed by atoms with van der Waals surface area (Å²) >= 11 is 0. The van der Waals surface area contributed by atoms with E-state index in [2.05, 4.69) is 0 Å². The first-order chi connectivity index (χ1) is 11.5. The third-order valence-electron chi connectivity index (χ3n) is 4.08. The summed E-state index contributed by atoms with van der Waals surface area (Å²) in [7, 11) is 1.71. The molecule has 2 unspecified atom stereocenters. The number of carbonyl (C=O) groups excluding carboxylic acids is 1. The van der Waals surface area contributed by atoms with Gasteiger partial charge in [-0.15, -0.1) is 0 Å². The lowest BCUT2D eigenvalue weighted by atomic mass is 10.0. The van der Waals surface area contributed by atoms with E-state index in [0.29, 0.717) is 17.9 Å². The van der Waals surface area contributed by atoms with Crippen molar-refractivity contribution < 1.29 is 14.6 Å². The molecule has 2 aromatic rings. The van der Waals surface area contributed by atoms with E-state index >= 15 is 0 Å². The maximum absolute atomic E-state index is 12.7. The molecular weight excluding hydrogens is 302 g/mol. The quantitative estimate of drug-likeness (QED) is 0.844. The van der Waals surface area contributed by atoms with Crippen LogP contribution in [0.15, 0.2) is 54.6 Å². The highest BCUT2D eigenvalue weighted by molar-refractivity contribution is 5.94. The molecule has 0 aliphatic heterocycles. The third kappa shape index (κ3) is 4.36. The molecule has 1 N–H and O–H groups in total. The van der Waals surface area contributed by atoms with Gasteiger partial charge in [0.25, 0.3) is 5.91 Å². The van der Waals surface area contributed by atoms with E-state index in [1.807, 2.05) is 56.3 Å². The van der Waals surface area contributed by atoms with Crippen LogP contribution in [0.5, 0.6) is 5.75 Å². The second-order valence-electron chi connectivity index (χ2n) is 5.89. The van der Waals surface area contributed by atoms with E-state index in [1.54, 1.807) is 24.1 Å². The minimum absolute atomic E-state index is 0.139. The van der Waals surface area contributed by atoms with E-state index in [1.165, 1.54) is 0 Å². The monoisotopic (exact) mass is 327 g/mol. The lowest BCUT2D eigenvalue weighted by Gasteiger charge is -2.29. The first-order valence-corrected chi connectivity index (χ1v) is 8.27. The van der Waals surface area contributed by atoms with Crippen molar-refractivity contribution in [3.8, 4) is 5.75 Å². The smallest absolute Gasteiger partial charge is 0.254 e. The Morgan fingerprint density at radius 2 is 1.88 bits per heavy atom. The lowest BCUT2D eigenvalue weighted by molar-refractivity contribution is 0.0486. The molecule has 4 heteroatoms. The largest absolute Gasteiger partial charge is 0.494 e. The summed E-state index contributed by atoms with van der Waals surface area (Å²) in [5, 5.41) is 10.5. The van der Waals surface area contributed by atoms with E-state index in [-0.39, 0.29) is 11.9 Å². The number of carbonyl (C=O) groups is 1. The molecule has 2 aromatic carbocycles. The number of aliphatic hydroxyl groups is 1. The molecule has 2 atom stereocenters. The summed E-state index contributed by atoms with van der Waals surface area (Å²) in [6.07, 6.45) is 0.179. The van der Waals surface area contributed by atoms with Crippen molar-refractivity contribution in [2.24, 2.45) is 0 Å². The van der Waals surface area contributed by atoms with Gasteiger partial charge < -0.3 is 14.7 Å². The number of hydrogen-bond donors (Lipinski definition) is 1. The van der Waals surface area contributed by atoms with Gasteiger partial charge in [0.15, 0.2) is 0 Å². The maximum atomic E-state index is 12.7. The molecule has 0 aliphatic carbocycles. The van der Waals surface area contributed by atoms with Crippen LogP contribution in [-0.4, -0.2) is 35.6 Å². The van der Waals surface area contributed by atoms with Gasteiger partial charge in [-0.2, -0.15) is 0 Å². The molecule has 0 bridgehead atoms. The highest BCUT2D eigenvalue weighted by Gasteiger charge is 2.25. The Morgan fingerprint density at radius 1 is 1.17 bits per heavy atom. The molecule has 0 saturated carbocycles. The summed E-state index contributed by atoms with van der Waals surface area (Å²) < 4.78 is 5.58. The van der Waals surface area contributed by atoms with Crippen molar-refractivity contribution in [1.29, 1.82) is 0 Å². The van der Waals surface area contributed by atoms with Crippen molar-refractivity contribution in [1.82, 2.24) is 4.90 Å². The van der Waals surface area contributed by atoms with Gasteiger partial charge in [0, 0.05) is 12.6 Å². The van der Waals surface area contributed by atoms with Crippen molar-refractivity contribution in [3.63, 3.8) is 0 Å². The zero-order chi connectivity index (χ0) is 17.5. The number of amides is 1. The molecular formula is C20H25NO3. The van der Waals surface area contributed by atoms with Crippen molar-refractivity contribution in [2.45, 2.75) is 32.4 Å². The normalized spacial score (nSPS) is 13.2. The molecule has 0 spiro atoms. The first kappa shape index (κ1) is 18.0. The summed E-state index contributed by atoms with van der Waals surface area (Å²) in [4.78, 5) is 14.3. The summed E-state index contributed by atoms with van der Waals surface area (Å²) in [5.41, 5.74) is 1.35. The Hall–Kier alpha value is -2.33.